The van der Waals surface area contributed by atoms with Crippen molar-refractivity contribution in [1.82, 2.24) is 10.2 Å². The van der Waals surface area contributed by atoms with Gasteiger partial charge >= 0.3 is 5.97 Å². The number of carbonyl (C=O) groups excluding carboxylic acids is 3. The number of amides is 3. The standard InChI is InChI=1S/C28H31N5O5/c1-16(32-15-24(34)33-10-2-3-21(33)14-29)13-28(27(37)38)22-8-6-19(25(30)35)11-17(22)4-5-18-12-20(26(31)36)7-9-23(18)28/h6-9,11-12,16,21,32H,2-5,10,13,15H2,1H3,(H2,30,35)(H2,31,36)(H,37,38)/t16-,21+/m1/s1. The molecule has 10 nitrogen and oxygen atoms in total. The van der Waals surface area contributed by atoms with E-state index in [9.17, 15) is 29.5 Å². The van der Waals surface area contributed by atoms with E-state index >= 15 is 0 Å². The summed E-state index contributed by atoms with van der Waals surface area (Å²) in [6.45, 7) is 2.30. The molecule has 198 valence electrons. The molecule has 10 heteroatoms. The average Bonchev–Trinajstić information content (AvgIpc) is 3.33. The highest BCUT2D eigenvalue weighted by atomic mass is 16.4. The number of aryl methyl sites for hydroxylation is 2. The molecule has 0 unspecified atom stereocenters. The number of likely N-dealkylation sites (tertiary alicyclic amines) is 1. The lowest BCUT2D eigenvalue weighted by Crippen LogP contribution is -2.47. The van der Waals surface area contributed by atoms with Crippen molar-refractivity contribution in [2.24, 2.45) is 11.5 Å². The number of benzene rings is 2. The Kier molecular flexibility index (Phi) is 7.51. The molecule has 1 fully saturated rings. The number of carboxylic acid groups (broad SMARTS) is 1. The van der Waals surface area contributed by atoms with Gasteiger partial charge < -0.3 is 26.8 Å². The van der Waals surface area contributed by atoms with Crippen molar-refractivity contribution in [3.05, 3.63) is 69.8 Å². The molecule has 6 N–H and O–H groups in total. The summed E-state index contributed by atoms with van der Waals surface area (Å²) in [5.41, 5.74) is 12.4. The number of primary amides is 2. The van der Waals surface area contributed by atoms with E-state index in [4.69, 9.17) is 11.5 Å². The van der Waals surface area contributed by atoms with Crippen LogP contribution in [0.15, 0.2) is 36.4 Å². The average molecular weight is 518 g/mol. The van der Waals surface area contributed by atoms with Crippen molar-refractivity contribution in [2.75, 3.05) is 13.1 Å². The molecule has 2 aliphatic rings. The number of hydrogen-bond acceptors (Lipinski definition) is 6. The maximum absolute atomic E-state index is 13.2. The number of nitrogens with two attached hydrogens (primary N) is 2. The van der Waals surface area contributed by atoms with Crippen LogP contribution in [0, 0.1) is 11.3 Å². The van der Waals surface area contributed by atoms with Gasteiger partial charge in [0.15, 0.2) is 0 Å². The second-order valence-corrected chi connectivity index (χ2v) is 10.0. The van der Waals surface area contributed by atoms with Crippen molar-refractivity contribution in [3.8, 4) is 6.07 Å². The minimum absolute atomic E-state index is 0.0318. The monoisotopic (exact) mass is 517 g/mol. The van der Waals surface area contributed by atoms with Crippen LogP contribution in [0.3, 0.4) is 0 Å². The number of fused-ring (bicyclic) bond motifs is 2. The van der Waals surface area contributed by atoms with Gasteiger partial charge in [-0.25, -0.2) is 0 Å². The van der Waals surface area contributed by atoms with Gasteiger partial charge in [0.2, 0.25) is 17.7 Å². The molecule has 1 heterocycles. The molecule has 0 radical (unpaired) electrons. The fourth-order valence-corrected chi connectivity index (χ4v) is 5.79. The summed E-state index contributed by atoms with van der Waals surface area (Å²) < 4.78 is 0. The van der Waals surface area contributed by atoms with Gasteiger partial charge in [0.1, 0.15) is 11.5 Å². The normalized spacial score (nSPS) is 18.4. The Morgan fingerprint density at radius 1 is 1.08 bits per heavy atom. The third kappa shape index (κ3) is 4.85. The fraction of sp³-hybridized carbons (Fsp3) is 0.393. The summed E-state index contributed by atoms with van der Waals surface area (Å²) >= 11 is 0. The van der Waals surface area contributed by atoms with Gasteiger partial charge in [-0.05, 0) is 85.5 Å². The molecule has 0 saturated carbocycles. The number of nitriles is 1. The van der Waals surface area contributed by atoms with E-state index in [1.54, 1.807) is 29.2 Å². The molecule has 1 saturated heterocycles. The SMILES string of the molecule is C[C@H](CC1(C(=O)O)c2ccc(C(N)=O)cc2CCc2cc(C(N)=O)ccc21)NCC(=O)N1CCC[C@H]1C#N. The molecular formula is C28H31N5O5. The molecule has 4 rings (SSSR count). The van der Waals surface area contributed by atoms with Gasteiger partial charge in [-0.2, -0.15) is 5.26 Å². The second-order valence-electron chi connectivity index (χ2n) is 10.0. The predicted molar refractivity (Wildman–Crippen MR) is 138 cm³/mol. The maximum Gasteiger partial charge on any atom is 0.318 e. The number of carboxylic acids is 1. The molecule has 3 amide bonds. The first-order valence-electron chi connectivity index (χ1n) is 12.6. The number of rotatable bonds is 8. The summed E-state index contributed by atoms with van der Waals surface area (Å²) in [6, 6.07) is 10.9. The highest BCUT2D eigenvalue weighted by Crippen LogP contribution is 2.44. The molecule has 2 aromatic carbocycles. The Morgan fingerprint density at radius 3 is 2.11 bits per heavy atom. The quantitative estimate of drug-likeness (QED) is 0.406. The number of hydrogen-bond donors (Lipinski definition) is 4. The lowest BCUT2D eigenvalue weighted by Gasteiger charge is -2.35. The fourth-order valence-electron chi connectivity index (χ4n) is 5.79. The van der Waals surface area contributed by atoms with E-state index in [1.807, 2.05) is 6.92 Å². The number of nitrogens with one attached hydrogen (secondary N) is 1. The third-order valence-corrected chi connectivity index (χ3v) is 7.66. The predicted octanol–water partition coefficient (Wildman–Crippen LogP) is 1.24. The zero-order valence-electron chi connectivity index (χ0n) is 21.2. The van der Waals surface area contributed by atoms with Crippen molar-refractivity contribution >= 4 is 23.7 Å². The first-order valence-corrected chi connectivity index (χ1v) is 12.6. The van der Waals surface area contributed by atoms with Gasteiger partial charge in [-0.15, -0.1) is 0 Å². The minimum Gasteiger partial charge on any atom is -0.480 e. The maximum atomic E-state index is 13.2. The van der Waals surface area contributed by atoms with E-state index in [2.05, 4.69) is 11.4 Å². The highest BCUT2D eigenvalue weighted by molar-refractivity contribution is 5.95. The van der Waals surface area contributed by atoms with E-state index < -0.39 is 35.3 Å². The zero-order valence-corrected chi connectivity index (χ0v) is 21.2. The Balaban J connectivity index is 1.74. The molecule has 0 aromatic heterocycles. The zero-order chi connectivity index (χ0) is 27.6. The summed E-state index contributed by atoms with van der Waals surface area (Å²) in [5.74, 6) is -2.52. The smallest absolute Gasteiger partial charge is 0.318 e. The van der Waals surface area contributed by atoms with Crippen LogP contribution in [0.2, 0.25) is 0 Å². The summed E-state index contributed by atoms with van der Waals surface area (Å²) in [7, 11) is 0. The molecule has 38 heavy (non-hydrogen) atoms. The molecule has 2 atom stereocenters. The van der Waals surface area contributed by atoms with Crippen molar-refractivity contribution in [1.29, 1.82) is 5.26 Å². The molecule has 1 aliphatic heterocycles. The van der Waals surface area contributed by atoms with Crippen LogP contribution in [-0.4, -0.2) is 58.9 Å². The van der Waals surface area contributed by atoms with Crippen LogP contribution in [0.25, 0.3) is 0 Å². The van der Waals surface area contributed by atoms with Crippen molar-refractivity contribution < 1.29 is 24.3 Å². The Morgan fingerprint density at radius 2 is 1.63 bits per heavy atom. The Bertz CT molecular complexity index is 1280. The summed E-state index contributed by atoms with van der Waals surface area (Å²) in [5, 5.41) is 23.3. The van der Waals surface area contributed by atoms with Crippen LogP contribution in [-0.2, 0) is 27.8 Å². The largest absolute Gasteiger partial charge is 0.480 e. The van der Waals surface area contributed by atoms with Gasteiger partial charge in [0, 0.05) is 23.7 Å². The van der Waals surface area contributed by atoms with Crippen LogP contribution >= 0.6 is 0 Å². The highest BCUT2D eigenvalue weighted by Gasteiger charge is 2.47. The van der Waals surface area contributed by atoms with Gasteiger partial charge in [0.25, 0.3) is 0 Å². The lowest BCUT2D eigenvalue weighted by molar-refractivity contribution is -0.142. The number of aliphatic carboxylic acids is 1. The number of nitrogens with zero attached hydrogens (tertiary/aromatic N) is 2. The van der Waals surface area contributed by atoms with Crippen LogP contribution < -0.4 is 16.8 Å². The summed E-state index contributed by atoms with van der Waals surface area (Å²) in [6.07, 6.45) is 2.38. The van der Waals surface area contributed by atoms with Gasteiger partial charge in [-0.1, -0.05) is 12.1 Å². The first-order chi connectivity index (χ1) is 18.1. The number of carbonyl (C=O) groups is 4. The molecule has 2 aromatic rings. The molecule has 0 bridgehead atoms. The summed E-state index contributed by atoms with van der Waals surface area (Å²) in [4.78, 5) is 51.3. The van der Waals surface area contributed by atoms with Crippen LogP contribution in [0.5, 0.6) is 0 Å². The van der Waals surface area contributed by atoms with Crippen LogP contribution in [0.4, 0.5) is 0 Å². The van der Waals surface area contributed by atoms with Crippen molar-refractivity contribution in [3.63, 3.8) is 0 Å². The van der Waals surface area contributed by atoms with Crippen LogP contribution in [0.1, 0.15) is 69.2 Å². The van der Waals surface area contributed by atoms with Gasteiger partial charge in [-0.3, -0.25) is 19.2 Å². The minimum atomic E-state index is -1.54. The van der Waals surface area contributed by atoms with Crippen molar-refractivity contribution in [2.45, 2.75) is 56.5 Å². The van der Waals surface area contributed by atoms with E-state index in [1.165, 1.54) is 12.1 Å². The Labute approximate surface area is 220 Å². The van der Waals surface area contributed by atoms with Gasteiger partial charge in [0.05, 0.1) is 12.6 Å². The molecular weight excluding hydrogens is 486 g/mol. The topological polar surface area (TPSA) is 180 Å². The first kappa shape index (κ1) is 26.8. The van der Waals surface area contributed by atoms with E-state index in [-0.39, 0.29) is 30.0 Å². The van der Waals surface area contributed by atoms with E-state index in [0.29, 0.717) is 48.1 Å². The second kappa shape index (κ2) is 10.6. The lowest BCUT2D eigenvalue weighted by atomic mass is 9.68. The van der Waals surface area contributed by atoms with E-state index in [0.717, 1.165) is 6.42 Å². The molecule has 1 aliphatic carbocycles. The third-order valence-electron chi connectivity index (χ3n) is 7.66. The Hall–Kier alpha value is -4.23. The molecule has 0 spiro atoms.